The summed E-state index contributed by atoms with van der Waals surface area (Å²) in [6, 6.07) is 1.96. The number of hydrogen-bond acceptors (Lipinski definition) is 4. The lowest BCUT2D eigenvalue weighted by atomic mass is 10.3. The van der Waals surface area contributed by atoms with E-state index >= 15 is 0 Å². The number of anilines is 1. The Morgan fingerprint density at radius 3 is 2.64 bits per heavy atom. The van der Waals surface area contributed by atoms with Crippen molar-refractivity contribution in [3.63, 3.8) is 0 Å². The molecule has 0 radical (unpaired) electrons. The van der Waals surface area contributed by atoms with Gasteiger partial charge in [-0.1, -0.05) is 0 Å². The van der Waals surface area contributed by atoms with Gasteiger partial charge in [0.25, 0.3) is 0 Å². The Morgan fingerprint density at radius 1 is 1.50 bits per heavy atom. The molecule has 0 atom stereocenters. The molecule has 0 aromatic carbocycles. The van der Waals surface area contributed by atoms with E-state index in [-0.39, 0.29) is 0 Å². The van der Waals surface area contributed by atoms with Crippen LogP contribution in [0.25, 0.3) is 11.4 Å². The molecule has 2 N–H and O–H groups in total. The highest BCUT2D eigenvalue weighted by Gasteiger charge is 2.13. The first-order chi connectivity index (χ1) is 6.58. The SMILES string of the molecule is Cn1nc(-c2cc(Br)sc2Br)nc1N. The van der Waals surface area contributed by atoms with E-state index in [0.717, 1.165) is 13.1 Å². The van der Waals surface area contributed by atoms with E-state index < -0.39 is 0 Å². The van der Waals surface area contributed by atoms with E-state index in [4.69, 9.17) is 5.73 Å². The van der Waals surface area contributed by atoms with Crippen LogP contribution in [0.5, 0.6) is 0 Å². The Bertz CT molecular complexity index is 456. The molecule has 0 unspecified atom stereocenters. The third-order valence-electron chi connectivity index (χ3n) is 1.69. The van der Waals surface area contributed by atoms with Crippen LogP contribution in [-0.2, 0) is 7.05 Å². The molecule has 74 valence electrons. The molecule has 0 bridgehead atoms. The van der Waals surface area contributed by atoms with Crippen molar-refractivity contribution in [3.05, 3.63) is 13.6 Å². The summed E-state index contributed by atoms with van der Waals surface area (Å²) >= 11 is 8.43. The van der Waals surface area contributed by atoms with Crippen LogP contribution in [0.4, 0.5) is 5.95 Å². The summed E-state index contributed by atoms with van der Waals surface area (Å²) < 4.78 is 3.58. The number of halogens is 2. The number of aryl methyl sites for hydroxylation is 1. The minimum Gasteiger partial charge on any atom is -0.368 e. The van der Waals surface area contributed by atoms with Gasteiger partial charge < -0.3 is 5.73 Å². The molecule has 0 saturated carbocycles. The van der Waals surface area contributed by atoms with Gasteiger partial charge >= 0.3 is 0 Å². The van der Waals surface area contributed by atoms with Gasteiger partial charge in [0.2, 0.25) is 5.95 Å². The van der Waals surface area contributed by atoms with Crippen LogP contribution in [0.1, 0.15) is 0 Å². The highest BCUT2D eigenvalue weighted by Crippen LogP contribution is 2.37. The van der Waals surface area contributed by atoms with E-state index in [9.17, 15) is 0 Å². The molecule has 0 aliphatic heterocycles. The number of nitrogen functional groups attached to an aromatic ring is 1. The number of nitrogens with two attached hydrogens (primary N) is 1. The van der Waals surface area contributed by atoms with Gasteiger partial charge in [-0.2, -0.15) is 4.98 Å². The molecule has 14 heavy (non-hydrogen) atoms. The van der Waals surface area contributed by atoms with Crippen LogP contribution < -0.4 is 5.73 Å². The topological polar surface area (TPSA) is 56.7 Å². The van der Waals surface area contributed by atoms with E-state index in [1.54, 1.807) is 23.1 Å². The first-order valence-corrected chi connectivity index (χ1v) is 6.10. The van der Waals surface area contributed by atoms with E-state index in [2.05, 4.69) is 41.9 Å². The zero-order valence-corrected chi connectivity index (χ0v) is 11.1. The second kappa shape index (κ2) is 3.63. The molecule has 0 amide bonds. The Balaban J connectivity index is 2.54. The average Bonchev–Trinajstić information content (AvgIpc) is 2.57. The van der Waals surface area contributed by atoms with Crippen molar-refractivity contribution in [2.75, 3.05) is 5.73 Å². The van der Waals surface area contributed by atoms with Crippen molar-refractivity contribution in [1.29, 1.82) is 0 Å². The smallest absolute Gasteiger partial charge is 0.218 e. The molecule has 0 aliphatic rings. The zero-order valence-electron chi connectivity index (χ0n) is 7.16. The van der Waals surface area contributed by atoms with E-state index in [0.29, 0.717) is 11.8 Å². The monoisotopic (exact) mass is 336 g/mol. The van der Waals surface area contributed by atoms with Gasteiger partial charge in [0, 0.05) is 12.6 Å². The van der Waals surface area contributed by atoms with Gasteiger partial charge in [0.1, 0.15) is 0 Å². The van der Waals surface area contributed by atoms with Gasteiger partial charge in [-0.05, 0) is 37.9 Å². The lowest BCUT2D eigenvalue weighted by molar-refractivity contribution is 0.781. The quantitative estimate of drug-likeness (QED) is 0.870. The first-order valence-electron chi connectivity index (χ1n) is 3.69. The first kappa shape index (κ1) is 10.1. The second-order valence-corrected chi connectivity index (χ2v) is 6.40. The molecule has 0 saturated heterocycles. The van der Waals surface area contributed by atoms with Crippen LogP contribution in [0.2, 0.25) is 0 Å². The second-order valence-electron chi connectivity index (χ2n) is 2.66. The molecule has 2 heterocycles. The van der Waals surface area contributed by atoms with Gasteiger partial charge in [0.05, 0.1) is 7.57 Å². The van der Waals surface area contributed by atoms with Crippen LogP contribution in [0, 0.1) is 0 Å². The van der Waals surface area contributed by atoms with Crippen molar-refractivity contribution in [2.45, 2.75) is 0 Å². The Morgan fingerprint density at radius 2 is 2.21 bits per heavy atom. The number of aromatic nitrogens is 3. The number of hydrogen-bond donors (Lipinski definition) is 1. The van der Waals surface area contributed by atoms with Crippen LogP contribution in [0.15, 0.2) is 13.6 Å². The molecule has 7 heteroatoms. The van der Waals surface area contributed by atoms with Crippen molar-refractivity contribution in [3.8, 4) is 11.4 Å². The van der Waals surface area contributed by atoms with Crippen molar-refractivity contribution < 1.29 is 0 Å². The molecule has 2 rings (SSSR count). The minimum atomic E-state index is 0.411. The van der Waals surface area contributed by atoms with Crippen molar-refractivity contribution >= 4 is 49.1 Å². The molecule has 2 aromatic rings. The average molecular weight is 338 g/mol. The summed E-state index contributed by atoms with van der Waals surface area (Å²) in [6.45, 7) is 0. The third kappa shape index (κ3) is 1.71. The van der Waals surface area contributed by atoms with Crippen LogP contribution in [-0.4, -0.2) is 14.8 Å². The van der Waals surface area contributed by atoms with Gasteiger partial charge in [-0.3, -0.25) is 0 Å². The van der Waals surface area contributed by atoms with E-state index in [1.807, 2.05) is 6.07 Å². The lowest BCUT2D eigenvalue weighted by Crippen LogP contribution is -1.97. The van der Waals surface area contributed by atoms with Gasteiger partial charge in [-0.15, -0.1) is 16.4 Å². The molecule has 0 spiro atoms. The molecule has 4 nitrogen and oxygen atoms in total. The standard InChI is InChI=1S/C7H6Br2N4S/c1-13-7(10)11-6(12-13)3-2-4(8)14-5(3)9/h2H,1H3,(H2,10,11,12). The van der Waals surface area contributed by atoms with Crippen molar-refractivity contribution in [1.82, 2.24) is 14.8 Å². The fourth-order valence-corrected chi connectivity index (χ4v) is 3.79. The van der Waals surface area contributed by atoms with Crippen LogP contribution in [0.3, 0.4) is 0 Å². The Kier molecular flexibility index (Phi) is 2.63. The van der Waals surface area contributed by atoms with Crippen LogP contribution >= 0.6 is 43.2 Å². The summed E-state index contributed by atoms with van der Waals surface area (Å²) in [6.07, 6.45) is 0. The molecule has 0 fully saturated rings. The summed E-state index contributed by atoms with van der Waals surface area (Å²) in [5.41, 5.74) is 6.55. The molecule has 2 aromatic heterocycles. The fraction of sp³-hybridized carbons (Fsp3) is 0.143. The number of nitrogens with zero attached hydrogens (tertiary/aromatic N) is 3. The summed E-state index contributed by atoms with van der Waals surface area (Å²) in [7, 11) is 1.77. The third-order valence-corrected chi connectivity index (χ3v) is 4.03. The van der Waals surface area contributed by atoms with Crippen molar-refractivity contribution in [2.24, 2.45) is 7.05 Å². The maximum absolute atomic E-state index is 5.60. The highest BCUT2D eigenvalue weighted by molar-refractivity contribution is 9.12. The number of rotatable bonds is 1. The van der Waals surface area contributed by atoms with E-state index in [1.165, 1.54) is 0 Å². The largest absolute Gasteiger partial charge is 0.368 e. The predicted octanol–water partition coefficient (Wildman–Crippen LogP) is 2.65. The summed E-state index contributed by atoms with van der Waals surface area (Å²) in [4.78, 5) is 4.14. The maximum Gasteiger partial charge on any atom is 0.218 e. The zero-order chi connectivity index (χ0) is 10.3. The number of thiophene rings is 1. The summed E-state index contributed by atoms with van der Waals surface area (Å²) in [5.74, 6) is 1.05. The maximum atomic E-state index is 5.60. The minimum absolute atomic E-state index is 0.411. The molecular weight excluding hydrogens is 332 g/mol. The lowest BCUT2D eigenvalue weighted by Gasteiger charge is -1.88. The highest BCUT2D eigenvalue weighted by atomic mass is 79.9. The molecule has 0 aliphatic carbocycles. The Labute approximate surface area is 101 Å². The molecular formula is C7H6Br2N4S. The van der Waals surface area contributed by atoms with Gasteiger partial charge in [0.15, 0.2) is 5.82 Å². The van der Waals surface area contributed by atoms with Gasteiger partial charge in [-0.25, -0.2) is 4.68 Å². The Hall–Kier alpha value is -0.400. The normalized spacial score (nSPS) is 10.8. The fourth-order valence-electron chi connectivity index (χ4n) is 1.00. The predicted molar refractivity (Wildman–Crippen MR) is 64.1 cm³/mol. The summed E-state index contributed by atoms with van der Waals surface area (Å²) in [5, 5.41) is 4.19.